The standard InChI is InChI=1S/C13H20O5/c1-2-16-12(15)11(9-14)10-3-5-13(6-4-10)17-7-8-18-13/h9-10,14H,2-8H2,1H3. The van der Waals surface area contributed by atoms with E-state index in [1.165, 1.54) is 0 Å². The van der Waals surface area contributed by atoms with E-state index in [2.05, 4.69) is 0 Å². The second-order valence-electron chi connectivity index (χ2n) is 4.69. The summed E-state index contributed by atoms with van der Waals surface area (Å²) in [7, 11) is 0. The summed E-state index contributed by atoms with van der Waals surface area (Å²) in [4.78, 5) is 11.7. The van der Waals surface area contributed by atoms with Crippen LogP contribution in [0, 0.1) is 5.92 Å². The van der Waals surface area contributed by atoms with Crippen LogP contribution in [0.1, 0.15) is 32.6 Å². The maximum atomic E-state index is 11.7. The smallest absolute Gasteiger partial charge is 0.337 e. The van der Waals surface area contributed by atoms with Crippen molar-refractivity contribution in [3.05, 3.63) is 11.8 Å². The zero-order valence-electron chi connectivity index (χ0n) is 10.7. The molecular formula is C13H20O5. The number of aliphatic hydroxyl groups excluding tert-OH is 1. The van der Waals surface area contributed by atoms with E-state index < -0.39 is 11.8 Å². The highest BCUT2D eigenvalue weighted by molar-refractivity contribution is 5.88. The van der Waals surface area contributed by atoms with Gasteiger partial charge in [0.05, 0.1) is 31.7 Å². The van der Waals surface area contributed by atoms with Gasteiger partial charge < -0.3 is 19.3 Å². The van der Waals surface area contributed by atoms with Crippen molar-refractivity contribution in [3.63, 3.8) is 0 Å². The van der Waals surface area contributed by atoms with Gasteiger partial charge in [-0.25, -0.2) is 4.79 Å². The SMILES string of the molecule is CCOC(=O)C(=CO)C1CCC2(CC1)OCCO2. The Balaban J connectivity index is 1.93. The molecule has 2 aliphatic rings. The fraction of sp³-hybridized carbons (Fsp3) is 0.769. The third-order valence-corrected chi connectivity index (χ3v) is 3.65. The molecule has 1 aliphatic heterocycles. The first kappa shape index (κ1) is 13.4. The average Bonchev–Trinajstić information content (AvgIpc) is 2.82. The van der Waals surface area contributed by atoms with E-state index in [1.54, 1.807) is 6.92 Å². The zero-order chi connectivity index (χ0) is 13.0. The van der Waals surface area contributed by atoms with Gasteiger partial charge >= 0.3 is 5.97 Å². The fourth-order valence-electron chi connectivity index (χ4n) is 2.69. The normalized spacial score (nSPS) is 24.4. The molecule has 1 aliphatic carbocycles. The molecule has 1 N–H and O–H groups in total. The lowest BCUT2D eigenvalue weighted by atomic mass is 9.81. The molecule has 0 radical (unpaired) electrons. The van der Waals surface area contributed by atoms with Gasteiger partial charge in [0.1, 0.15) is 0 Å². The van der Waals surface area contributed by atoms with Crippen LogP contribution in [0.2, 0.25) is 0 Å². The van der Waals surface area contributed by atoms with Gasteiger partial charge in [-0.2, -0.15) is 0 Å². The lowest BCUT2D eigenvalue weighted by Crippen LogP contribution is -2.36. The van der Waals surface area contributed by atoms with E-state index in [9.17, 15) is 9.90 Å². The molecular weight excluding hydrogens is 236 g/mol. The first-order valence-electron chi connectivity index (χ1n) is 6.50. The van der Waals surface area contributed by atoms with Crippen LogP contribution in [0.15, 0.2) is 11.8 Å². The van der Waals surface area contributed by atoms with Crippen molar-refractivity contribution >= 4 is 5.97 Å². The molecule has 0 aromatic carbocycles. The minimum Gasteiger partial charge on any atom is -0.515 e. The summed E-state index contributed by atoms with van der Waals surface area (Å²) in [6, 6.07) is 0. The Labute approximate surface area is 107 Å². The number of aliphatic hydroxyl groups is 1. The molecule has 1 heterocycles. The first-order valence-corrected chi connectivity index (χ1v) is 6.50. The molecule has 1 saturated heterocycles. The molecule has 5 heteroatoms. The van der Waals surface area contributed by atoms with E-state index in [0.717, 1.165) is 31.9 Å². The second-order valence-corrected chi connectivity index (χ2v) is 4.69. The van der Waals surface area contributed by atoms with E-state index in [0.29, 0.717) is 25.4 Å². The van der Waals surface area contributed by atoms with Crippen LogP contribution >= 0.6 is 0 Å². The van der Waals surface area contributed by atoms with Crippen LogP contribution in [0.3, 0.4) is 0 Å². The minimum absolute atomic E-state index is 0.0347. The Morgan fingerprint density at radius 3 is 2.50 bits per heavy atom. The van der Waals surface area contributed by atoms with Gasteiger partial charge in [-0.05, 0) is 25.7 Å². The van der Waals surface area contributed by atoms with Gasteiger partial charge in [-0.3, -0.25) is 0 Å². The van der Waals surface area contributed by atoms with Crippen molar-refractivity contribution in [1.82, 2.24) is 0 Å². The molecule has 5 nitrogen and oxygen atoms in total. The number of carbonyl (C=O) groups is 1. The molecule has 1 spiro atoms. The molecule has 0 atom stereocenters. The largest absolute Gasteiger partial charge is 0.515 e. The highest BCUT2D eigenvalue weighted by Crippen LogP contribution is 2.40. The van der Waals surface area contributed by atoms with Crippen molar-refractivity contribution in [3.8, 4) is 0 Å². The van der Waals surface area contributed by atoms with Crippen LogP contribution in [0.5, 0.6) is 0 Å². The van der Waals surface area contributed by atoms with Crippen molar-refractivity contribution in [2.24, 2.45) is 5.92 Å². The molecule has 0 aromatic rings. The van der Waals surface area contributed by atoms with Crippen LogP contribution in [-0.2, 0) is 19.0 Å². The average molecular weight is 256 g/mol. The van der Waals surface area contributed by atoms with E-state index in [1.807, 2.05) is 0 Å². The number of esters is 1. The molecule has 1 saturated carbocycles. The number of hydrogen-bond donors (Lipinski definition) is 1. The molecule has 0 aromatic heterocycles. The van der Waals surface area contributed by atoms with Crippen LogP contribution in [0.4, 0.5) is 0 Å². The Bertz CT molecular complexity index is 320. The highest BCUT2D eigenvalue weighted by atomic mass is 16.7. The molecule has 2 rings (SSSR count). The first-order chi connectivity index (χ1) is 8.71. The van der Waals surface area contributed by atoms with E-state index >= 15 is 0 Å². The topological polar surface area (TPSA) is 65.0 Å². The molecule has 0 bridgehead atoms. The zero-order valence-corrected chi connectivity index (χ0v) is 10.7. The van der Waals surface area contributed by atoms with Gasteiger partial charge in [-0.1, -0.05) is 0 Å². The molecule has 2 fully saturated rings. The molecule has 0 amide bonds. The summed E-state index contributed by atoms with van der Waals surface area (Å²) in [5.74, 6) is -0.826. The minimum atomic E-state index is -0.439. The summed E-state index contributed by atoms with van der Waals surface area (Å²) in [6.45, 7) is 3.36. The third-order valence-electron chi connectivity index (χ3n) is 3.65. The van der Waals surface area contributed by atoms with Gasteiger partial charge in [-0.15, -0.1) is 0 Å². The lowest BCUT2D eigenvalue weighted by Gasteiger charge is -2.35. The molecule has 0 unspecified atom stereocenters. The predicted molar refractivity (Wildman–Crippen MR) is 63.9 cm³/mol. The Morgan fingerprint density at radius 1 is 1.39 bits per heavy atom. The fourth-order valence-corrected chi connectivity index (χ4v) is 2.69. The Morgan fingerprint density at radius 2 is 2.00 bits per heavy atom. The summed E-state index contributed by atoms with van der Waals surface area (Å²) in [5.41, 5.74) is 0.365. The van der Waals surface area contributed by atoms with E-state index in [-0.39, 0.29) is 5.92 Å². The van der Waals surface area contributed by atoms with Crippen molar-refractivity contribution in [2.45, 2.75) is 38.4 Å². The van der Waals surface area contributed by atoms with Gasteiger partial charge in [0.2, 0.25) is 0 Å². The number of ether oxygens (including phenoxy) is 3. The number of rotatable bonds is 3. The Hall–Kier alpha value is -1.07. The van der Waals surface area contributed by atoms with Crippen molar-refractivity contribution in [2.75, 3.05) is 19.8 Å². The van der Waals surface area contributed by atoms with Gasteiger partial charge in [0.15, 0.2) is 5.79 Å². The summed E-state index contributed by atoms with van der Waals surface area (Å²) in [5, 5.41) is 9.21. The monoisotopic (exact) mass is 256 g/mol. The number of carbonyl (C=O) groups excluding carboxylic acids is 1. The molecule has 18 heavy (non-hydrogen) atoms. The summed E-state index contributed by atoms with van der Waals surface area (Å²) in [6.07, 6.45) is 3.94. The van der Waals surface area contributed by atoms with Crippen molar-refractivity contribution < 1.29 is 24.1 Å². The number of hydrogen-bond acceptors (Lipinski definition) is 5. The maximum Gasteiger partial charge on any atom is 0.337 e. The predicted octanol–water partition coefficient (Wildman–Crippen LogP) is 1.92. The van der Waals surface area contributed by atoms with E-state index in [4.69, 9.17) is 14.2 Å². The summed E-state index contributed by atoms with van der Waals surface area (Å²) < 4.78 is 16.2. The van der Waals surface area contributed by atoms with Crippen LogP contribution < -0.4 is 0 Å². The van der Waals surface area contributed by atoms with Gasteiger partial charge in [0, 0.05) is 12.8 Å². The van der Waals surface area contributed by atoms with Crippen molar-refractivity contribution in [1.29, 1.82) is 0 Å². The third kappa shape index (κ3) is 2.67. The quantitative estimate of drug-likeness (QED) is 0.475. The lowest BCUT2D eigenvalue weighted by molar-refractivity contribution is -0.181. The van der Waals surface area contributed by atoms with Crippen LogP contribution in [0.25, 0.3) is 0 Å². The van der Waals surface area contributed by atoms with Gasteiger partial charge in [0.25, 0.3) is 0 Å². The second kappa shape index (κ2) is 5.71. The Kier molecular flexibility index (Phi) is 4.24. The maximum absolute atomic E-state index is 11.7. The summed E-state index contributed by atoms with van der Waals surface area (Å²) >= 11 is 0. The molecule has 102 valence electrons. The van der Waals surface area contributed by atoms with Crippen LogP contribution in [-0.4, -0.2) is 36.7 Å². The highest BCUT2D eigenvalue weighted by Gasteiger charge is 2.42.